The lowest BCUT2D eigenvalue weighted by atomic mass is 10.1. The summed E-state index contributed by atoms with van der Waals surface area (Å²) in [5.74, 6) is 0.293. The van der Waals surface area contributed by atoms with E-state index in [2.05, 4.69) is 5.32 Å². The first-order valence-corrected chi connectivity index (χ1v) is 6.33. The summed E-state index contributed by atoms with van der Waals surface area (Å²) in [5.41, 5.74) is 1.68. The molecule has 104 valence electrons. The molecule has 0 heterocycles. The number of halogens is 1. The molecule has 0 unspecified atom stereocenters. The van der Waals surface area contributed by atoms with Crippen molar-refractivity contribution in [2.75, 3.05) is 12.4 Å². The van der Waals surface area contributed by atoms with E-state index >= 15 is 0 Å². The zero-order valence-corrected chi connectivity index (χ0v) is 11.9. The van der Waals surface area contributed by atoms with Crippen molar-refractivity contribution < 1.29 is 14.6 Å². The van der Waals surface area contributed by atoms with E-state index in [0.29, 0.717) is 27.6 Å². The standard InChI is InChI=1S/C15H14ClNO3/c1-9-7-11(4-6-13(9)18)17-15(19)12-5-3-10(16)8-14(12)20-2/h3-8,18H,1-2H3,(H,17,19). The van der Waals surface area contributed by atoms with Gasteiger partial charge in [0.15, 0.2) is 0 Å². The van der Waals surface area contributed by atoms with Crippen LogP contribution in [0.3, 0.4) is 0 Å². The minimum Gasteiger partial charge on any atom is -0.508 e. The van der Waals surface area contributed by atoms with Crippen LogP contribution < -0.4 is 10.1 Å². The highest BCUT2D eigenvalue weighted by molar-refractivity contribution is 6.31. The van der Waals surface area contributed by atoms with Crippen molar-refractivity contribution >= 4 is 23.2 Å². The maximum Gasteiger partial charge on any atom is 0.259 e. The molecule has 0 aliphatic carbocycles. The third kappa shape index (κ3) is 3.03. The second kappa shape index (κ2) is 5.84. The molecule has 1 amide bonds. The predicted molar refractivity (Wildman–Crippen MR) is 78.8 cm³/mol. The van der Waals surface area contributed by atoms with E-state index in [0.717, 1.165) is 0 Å². The van der Waals surface area contributed by atoms with Crippen molar-refractivity contribution in [3.63, 3.8) is 0 Å². The van der Waals surface area contributed by atoms with Crippen LogP contribution >= 0.6 is 11.6 Å². The topological polar surface area (TPSA) is 58.6 Å². The summed E-state index contributed by atoms with van der Waals surface area (Å²) >= 11 is 5.86. The molecule has 4 nitrogen and oxygen atoms in total. The fraction of sp³-hybridized carbons (Fsp3) is 0.133. The first-order valence-electron chi connectivity index (χ1n) is 5.96. The van der Waals surface area contributed by atoms with Gasteiger partial charge in [0.05, 0.1) is 12.7 Å². The van der Waals surface area contributed by atoms with Gasteiger partial charge in [0.2, 0.25) is 0 Å². The smallest absolute Gasteiger partial charge is 0.259 e. The Morgan fingerprint density at radius 1 is 1.25 bits per heavy atom. The van der Waals surface area contributed by atoms with Crippen LogP contribution in [-0.4, -0.2) is 18.1 Å². The molecule has 0 aromatic heterocycles. The number of aryl methyl sites for hydroxylation is 1. The van der Waals surface area contributed by atoms with Crippen molar-refractivity contribution in [2.24, 2.45) is 0 Å². The van der Waals surface area contributed by atoms with Crippen molar-refractivity contribution in [3.05, 3.63) is 52.5 Å². The van der Waals surface area contributed by atoms with Crippen LogP contribution in [0, 0.1) is 6.92 Å². The van der Waals surface area contributed by atoms with E-state index in [-0.39, 0.29) is 11.7 Å². The predicted octanol–water partition coefficient (Wildman–Crippen LogP) is 3.61. The summed E-state index contributed by atoms with van der Waals surface area (Å²) in [7, 11) is 1.48. The number of hydrogen-bond acceptors (Lipinski definition) is 3. The minimum absolute atomic E-state index is 0.187. The normalized spacial score (nSPS) is 10.2. The molecule has 0 fully saturated rings. The van der Waals surface area contributed by atoms with Gasteiger partial charge in [-0.15, -0.1) is 0 Å². The summed E-state index contributed by atoms with van der Waals surface area (Å²) in [6.07, 6.45) is 0. The first-order chi connectivity index (χ1) is 9.51. The lowest BCUT2D eigenvalue weighted by Gasteiger charge is -2.10. The molecular weight excluding hydrogens is 278 g/mol. The van der Waals surface area contributed by atoms with Crippen LogP contribution in [0.4, 0.5) is 5.69 Å². The Morgan fingerprint density at radius 3 is 2.65 bits per heavy atom. The highest BCUT2D eigenvalue weighted by Gasteiger charge is 2.13. The number of carbonyl (C=O) groups is 1. The van der Waals surface area contributed by atoms with E-state index in [9.17, 15) is 9.90 Å². The van der Waals surface area contributed by atoms with Gasteiger partial charge >= 0.3 is 0 Å². The molecular formula is C15H14ClNO3. The number of hydrogen-bond donors (Lipinski definition) is 2. The van der Waals surface area contributed by atoms with Crippen molar-refractivity contribution in [2.45, 2.75) is 6.92 Å². The Morgan fingerprint density at radius 2 is 2.00 bits per heavy atom. The SMILES string of the molecule is COc1cc(Cl)ccc1C(=O)Nc1ccc(O)c(C)c1. The van der Waals surface area contributed by atoms with Gasteiger partial charge in [-0.3, -0.25) is 4.79 Å². The van der Waals surface area contributed by atoms with Crippen molar-refractivity contribution in [1.29, 1.82) is 0 Å². The van der Waals surface area contributed by atoms with E-state index < -0.39 is 0 Å². The number of methoxy groups -OCH3 is 1. The van der Waals surface area contributed by atoms with Gasteiger partial charge in [-0.25, -0.2) is 0 Å². The van der Waals surface area contributed by atoms with Gasteiger partial charge < -0.3 is 15.2 Å². The number of phenolic OH excluding ortho intramolecular Hbond substituents is 1. The molecule has 5 heteroatoms. The van der Waals surface area contributed by atoms with Gasteiger partial charge in [0.1, 0.15) is 11.5 Å². The molecule has 20 heavy (non-hydrogen) atoms. The summed E-state index contributed by atoms with van der Waals surface area (Å²) in [5, 5.41) is 12.7. The van der Waals surface area contributed by atoms with Crippen LogP contribution in [-0.2, 0) is 0 Å². The molecule has 2 N–H and O–H groups in total. The highest BCUT2D eigenvalue weighted by Crippen LogP contribution is 2.25. The second-order valence-electron chi connectivity index (χ2n) is 4.30. The summed E-state index contributed by atoms with van der Waals surface area (Å²) in [4.78, 5) is 12.2. The van der Waals surface area contributed by atoms with Gasteiger partial charge in [0, 0.05) is 10.7 Å². The number of anilines is 1. The average molecular weight is 292 g/mol. The Bertz CT molecular complexity index is 656. The Kier molecular flexibility index (Phi) is 4.15. The minimum atomic E-state index is -0.302. The van der Waals surface area contributed by atoms with Gasteiger partial charge in [-0.1, -0.05) is 11.6 Å². The molecule has 0 saturated heterocycles. The number of amides is 1. The van der Waals surface area contributed by atoms with Crippen LogP contribution in [0.25, 0.3) is 0 Å². The lowest BCUT2D eigenvalue weighted by molar-refractivity contribution is 0.102. The number of aromatic hydroxyl groups is 1. The third-order valence-electron chi connectivity index (χ3n) is 2.86. The number of nitrogens with one attached hydrogen (secondary N) is 1. The Labute approximate surface area is 122 Å². The highest BCUT2D eigenvalue weighted by atomic mass is 35.5. The molecule has 0 atom stereocenters. The number of phenols is 1. The van der Waals surface area contributed by atoms with Crippen LogP contribution in [0.1, 0.15) is 15.9 Å². The maximum atomic E-state index is 12.2. The number of carbonyl (C=O) groups excluding carboxylic acids is 1. The van der Waals surface area contributed by atoms with Gasteiger partial charge in [-0.05, 0) is 48.9 Å². The van der Waals surface area contributed by atoms with Crippen molar-refractivity contribution in [1.82, 2.24) is 0 Å². The van der Waals surface area contributed by atoms with E-state index in [1.54, 1.807) is 37.3 Å². The van der Waals surface area contributed by atoms with E-state index in [1.165, 1.54) is 13.2 Å². The van der Waals surface area contributed by atoms with Crippen LogP contribution in [0.2, 0.25) is 5.02 Å². The molecule has 2 aromatic rings. The number of benzene rings is 2. The number of ether oxygens (including phenoxy) is 1. The fourth-order valence-corrected chi connectivity index (χ4v) is 1.95. The molecule has 0 aliphatic heterocycles. The summed E-state index contributed by atoms with van der Waals surface area (Å²) in [6, 6.07) is 9.66. The molecule has 2 aromatic carbocycles. The largest absolute Gasteiger partial charge is 0.508 e. The summed E-state index contributed by atoms with van der Waals surface area (Å²) < 4.78 is 5.14. The van der Waals surface area contributed by atoms with Crippen molar-refractivity contribution in [3.8, 4) is 11.5 Å². The molecule has 0 bridgehead atoms. The second-order valence-corrected chi connectivity index (χ2v) is 4.74. The molecule has 0 radical (unpaired) electrons. The quantitative estimate of drug-likeness (QED) is 0.849. The number of rotatable bonds is 3. The van der Waals surface area contributed by atoms with Gasteiger partial charge in [-0.2, -0.15) is 0 Å². The Balaban J connectivity index is 2.25. The molecule has 0 saturated carbocycles. The first kappa shape index (κ1) is 14.2. The van der Waals surface area contributed by atoms with Gasteiger partial charge in [0.25, 0.3) is 5.91 Å². The molecule has 2 rings (SSSR count). The maximum absolute atomic E-state index is 12.2. The van der Waals surface area contributed by atoms with Crippen LogP contribution in [0.15, 0.2) is 36.4 Å². The fourth-order valence-electron chi connectivity index (χ4n) is 1.78. The Hall–Kier alpha value is -2.20. The monoisotopic (exact) mass is 291 g/mol. The lowest BCUT2D eigenvalue weighted by Crippen LogP contribution is -2.13. The zero-order valence-electron chi connectivity index (χ0n) is 11.1. The third-order valence-corrected chi connectivity index (χ3v) is 3.10. The van der Waals surface area contributed by atoms with E-state index in [4.69, 9.17) is 16.3 Å². The zero-order chi connectivity index (χ0) is 14.7. The van der Waals surface area contributed by atoms with E-state index in [1.807, 2.05) is 0 Å². The molecule has 0 aliphatic rings. The average Bonchev–Trinajstić information content (AvgIpc) is 2.42. The van der Waals surface area contributed by atoms with Crippen LogP contribution in [0.5, 0.6) is 11.5 Å². The summed E-state index contributed by atoms with van der Waals surface area (Å²) in [6.45, 7) is 1.76. The molecule has 0 spiro atoms.